The molecule has 1 heterocycles. The Hall–Kier alpha value is -3.94. The maximum atomic E-state index is 13.2. The van der Waals surface area contributed by atoms with E-state index in [1.807, 2.05) is 50.2 Å². The summed E-state index contributed by atoms with van der Waals surface area (Å²) in [4.78, 5) is 39.2. The number of aryl methyl sites for hydroxylation is 1. The number of benzene rings is 3. The molecule has 0 saturated carbocycles. The third-order valence-corrected chi connectivity index (χ3v) is 7.88. The molecule has 0 spiro atoms. The average Bonchev–Trinajstić information content (AvgIpc) is 3.35. The van der Waals surface area contributed by atoms with Crippen LogP contribution in [0.2, 0.25) is 5.02 Å². The number of hydrogen-bond acceptors (Lipinski definition) is 5. The molecule has 0 unspecified atom stereocenters. The summed E-state index contributed by atoms with van der Waals surface area (Å²) in [5.74, 6) is -0.359. The second-order valence-corrected chi connectivity index (χ2v) is 10.4. The number of carbonyl (C=O) groups excluding carboxylic acids is 3. The molecule has 0 aliphatic heterocycles. The lowest BCUT2D eigenvalue weighted by molar-refractivity contribution is 0.103. The molecule has 8 heteroatoms. The van der Waals surface area contributed by atoms with Crippen molar-refractivity contribution in [2.45, 2.75) is 19.8 Å². The van der Waals surface area contributed by atoms with E-state index in [0.29, 0.717) is 21.2 Å². The summed E-state index contributed by atoms with van der Waals surface area (Å²) in [6.07, 6.45) is -0.866. The lowest BCUT2D eigenvalue weighted by atomic mass is 9.98. The van der Waals surface area contributed by atoms with Crippen LogP contribution in [0.3, 0.4) is 0 Å². The molecule has 5 rings (SSSR count). The van der Waals surface area contributed by atoms with E-state index in [1.54, 1.807) is 24.3 Å². The van der Waals surface area contributed by atoms with Crippen LogP contribution in [0, 0.1) is 13.8 Å². The smallest absolute Gasteiger partial charge is 0.415 e. The number of urea groups is 1. The molecule has 3 amide bonds. The highest BCUT2D eigenvalue weighted by molar-refractivity contribution is 7.16. The molecule has 0 bridgehead atoms. The first-order chi connectivity index (χ1) is 17.8. The molecule has 4 aromatic rings. The fourth-order valence-electron chi connectivity index (χ4n) is 4.60. The third-order valence-electron chi connectivity index (χ3n) is 6.51. The van der Waals surface area contributed by atoms with Crippen LogP contribution in [0.15, 0.2) is 72.8 Å². The van der Waals surface area contributed by atoms with Crippen molar-refractivity contribution in [1.29, 1.82) is 0 Å². The van der Waals surface area contributed by atoms with E-state index in [9.17, 15) is 14.4 Å². The minimum absolute atomic E-state index is 0.0880. The summed E-state index contributed by atoms with van der Waals surface area (Å²) in [5, 5.41) is 5.74. The van der Waals surface area contributed by atoms with Crippen molar-refractivity contribution in [3.63, 3.8) is 0 Å². The zero-order valence-corrected chi connectivity index (χ0v) is 21.7. The first kappa shape index (κ1) is 24.7. The Morgan fingerprint density at radius 2 is 1.49 bits per heavy atom. The number of anilines is 1. The van der Waals surface area contributed by atoms with Crippen LogP contribution < -0.4 is 10.6 Å². The van der Waals surface area contributed by atoms with Crippen LogP contribution in [-0.2, 0) is 4.74 Å². The average molecular weight is 531 g/mol. The number of imide groups is 1. The van der Waals surface area contributed by atoms with E-state index in [2.05, 4.69) is 22.8 Å². The molecule has 186 valence electrons. The van der Waals surface area contributed by atoms with E-state index >= 15 is 0 Å². The number of amides is 3. The van der Waals surface area contributed by atoms with Gasteiger partial charge >= 0.3 is 12.1 Å². The second-order valence-electron chi connectivity index (χ2n) is 8.73. The van der Waals surface area contributed by atoms with Gasteiger partial charge in [0, 0.05) is 21.4 Å². The van der Waals surface area contributed by atoms with E-state index in [1.165, 1.54) is 11.3 Å². The number of alkyl carbamates (subject to hydrolysis) is 1. The Balaban J connectivity index is 1.26. The number of ketones is 1. The SMILES string of the molecule is Cc1sc(NC(=O)NC(=O)OCC2c3ccccc3-c3ccccc32)c(C(=O)c2ccc(Cl)cc2)c1C. The fourth-order valence-corrected chi connectivity index (χ4v) is 5.77. The predicted molar refractivity (Wildman–Crippen MR) is 146 cm³/mol. The highest BCUT2D eigenvalue weighted by Crippen LogP contribution is 2.44. The van der Waals surface area contributed by atoms with Crippen LogP contribution >= 0.6 is 22.9 Å². The van der Waals surface area contributed by atoms with Gasteiger partial charge in [-0.1, -0.05) is 60.1 Å². The molecule has 1 aliphatic rings. The third kappa shape index (κ3) is 4.88. The van der Waals surface area contributed by atoms with Crippen molar-refractivity contribution < 1.29 is 19.1 Å². The number of thiophene rings is 1. The van der Waals surface area contributed by atoms with Crippen LogP contribution in [0.1, 0.15) is 43.4 Å². The van der Waals surface area contributed by atoms with Crippen molar-refractivity contribution in [1.82, 2.24) is 5.32 Å². The summed E-state index contributed by atoms with van der Waals surface area (Å²) < 4.78 is 5.45. The van der Waals surface area contributed by atoms with Crippen LogP contribution in [-0.4, -0.2) is 24.5 Å². The minimum Gasteiger partial charge on any atom is -0.448 e. The van der Waals surface area contributed by atoms with Gasteiger partial charge in [-0.2, -0.15) is 0 Å². The van der Waals surface area contributed by atoms with E-state index < -0.39 is 12.1 Å². The van der Waals surface area contributed by atoms with Gasteiger partial charge in [0.2, 0.25) is 0 Å². The topological polar surface area (TPSA) is 84.5 Å². The lowest BCUT2D eigenvalue weighted by Crippen LogP contribution is -2.35. The standard InChI is InChI=1S/C29H23ClN2O4S/c1-16-17(2)37-27(25(16)26(33)18-11-13-19(30)14-12-18)31-28(34)32-29(35)36-15-24-22-9-5-3-7-20(22)21-8-4-6-10-23(21)24/h3-14,24H,15H2,1-2H3,(H2,31,32,34,35). The van der Waals surface area contributed by atoms with E-state index in [0.717, 1.165) is 32.7 Å². The summed E-state index contributed by atoms with van der Waals surface area (Å²) in [5.41, 5.74) is 5.99. The fraction of sp³-hybridized carbons (Fsp3) is 0.138. The highest BCUT2D eigenvalue weighted by atomic mass is 35.5. The zero-order chi connectivity index (χ0) is 26.1. The van der Waals surface area contributed by atoms with Gasteiger partial charge in [0.15, 0.2) is 5.78 Å². The van der Waals surface area contributed by atoms with E-state index in [-0.39, 0.29) is 18.3 Å². The molecule has 37 heavy (non-hydrogen) atoms. The number of carbonyl (C=O) groups is 3. The maximum Gasteiger partial charge on any atom is 0.415 e. The number of rotatable bonds is 5. The summed E-state index contributed by atoms with van der Waals surface area (Å²) in [6, 6.07) is 21.8. The first-order valence-electron chi connectivity index (χ1n) is 11.7. The second kappa shape index (κ2) is 10.2. The van der Waals surface area contributed by atoms with Gasteiger partial charge in [-0.15, -0.1) is 11.3 Å². The summed E-state index contributed by atoms with van der Waals surface area (Å²) in [7, 11) is 0. The monoisotopic (exact) mass is 530 g/mol. The van der Waals surface area contributed by atoms with Crippen molar-refractivity contribution >= 4 is 45.8 Å². The van der Waals surface area contributed by atoms with Crippen molar-refractivity contribution in [2.24, 2.45) is 0 Å². The Bertz CT molecular complexity index is 1480. The molecule has 1 aliphatic carbocycles. The van der Waals surface area contributed by atoms with Crippen LogP contribution in [0.25, 0.3) is 11.1 Å². The van der Waals surface area contributed by atoms with Crippen molar-refractivity contribution in [3.8, 4) is 11.1 Å². The Kier molecular flexibility index (Phi) is 6.82. The number of nitrogens with one attached hydrogen (secondary N) is 2. The Morgan fingerprint density at radius 3 is 2.11 bits per heavy atom. The molecule has 0 atom stereocenters. The van der Waals surface area contributed by atoms with Gasteiger partial charge in [0.05, 0.1) is 5.56 Å². The van der Waals surface area contributed by atoms with Gasteiger partial charge in [-0.3, -0.25) is 10.1 Å². The minimum atomic E-state index is -0.866. The van der Waals surface area contributed by atoms with Crippen LogP contribution in [0.4, 0.5) is 14.6 Å². The summed E-state index contributed by atoms with van der Waals surface area (Å²) in [6.45, 7) is 3.78. The zero-order valence-electron chi connectivity index (χ0n) is 20.1. The largest absolute Gasteiger partial charge is 0.448 e. The molecule has 0 saturated heterocycles. The number of hydrogen-bond donors (Lipinski definition) is 2. The molecule has 3 aromatic carbocycles. The molecule has 6 nitrogen and oxygen atoms in total. The van der Waals surface area contributed by atoms with Gasteiger partial charge in [0.25, 0.3) is 0 Å². The Labute approximate surface area is 223 Å². The van der Waals surface area contributed by atoms with Crippen molar-refractivity contribution in [3.05, 3.63) is 111 Å². The molecular weight excluding hydrogens is 508 g/mol. The number of halogens is 1. The molecule has 1 aromatic heterocycles. The first-order valence-corrected chi connectivity index (χ1v) is 12.9. The van der Waals surface area contributed by atoms with Gasteiger partial charge < -0.3 is 4.74 Å². The lowest BCUT2D eigenvalue weighted by Gasteiger charge is -2.14. The van der Waals surface area contributed by atoms with Crippen molar-refractivity contribution in [2.75, 3.05) is 11.9 Å². The molecule has 0 fully saturated rings. The number of fused-ring (bicyclic) bond motifs is 3. The Morgan fingerprint density at radius 1 is 0.892 bits per heavy atom. The normalized spacial score (nSPS) is 12.0. The quantitative estimate of drug-likeness (QED) is 0.265. The summed E-state index contributed by atoms with van der Waals surface area (Å²) >= 11 is 7.21. The molecule has 2 N–H and O–H groups in total. The van der Waals surface area contributed by atoms with Gasteiger partial charge in [0.1, 0.15) is 11.6 Å². The molecule has 0 radical (unpaired) electrons. The maximum absolute atomic E-state index is 13.2. The predicted octanol–water partition coefficient (Wildman–Crippen LogP) is 7.32. The van der Waals surface area contributed by atoms with Gasteiger partial charge in [-0.25, -0.2) is 14.9 Å². The van der Waals surface area contributed by atoms with Gasteiger partial charge in [-0.05, 0) is 65.9 Å². The molecular formula is C29H23ClN2O4S. The van der Waals surface area contributed by atoms with Crippen LogP contribution in [0.5, 0.6) is 0 Å². The highest BCUT2D eigenvalue weighted by Gasteiger charge is 2.29. The number of ether oxygens (including phenoxy) is 1. The van der Waals surface area contributed by atoms with E-state index in [4.69, 9.17) is 16.3 Å².